The van der Waals surface area contributed by atoms with Gasteiger partial charge in [-0.1, -0.05) is 70.0 Å². The molecule has 2 aliphatic carbocycles. The third-order valence-electron chi connectivity index (χ3n) is 9.82. The van der Waals surface area contributed by atoms with Crippen molar-refractivity contribution in [1.29, 1.82) is 5.26 Å². The first-order chi connectivity index (χ1) is 19.3. The molecule has 0 radical (unpaired) electrons. The molecule has 3 aromatic rings. The van der Waals surface area contributed by atoms with E-state index in [0.29, 0.717) is 28.3 Å². The highest BCUT2D eigenvalue weighted by Gasteiger charge is 3.02. The van der Waals surface area contributed by atoms with Crippen LogP contribution in [0.15, 0.2) is 43.0 Å². The van der Waals surface area contributed by atoms with Crippen molar-refractivity contribution >= 4 is 51.6 Å². The first-order valence-electron chi connectivity index (χ1n) is 13.6. The van der Waals surface area contributed by atoms with E-state index in [1.165, 1.54) is 12.4 Å². The van der Waals surface area contributed by atoms with Gasteiger partial charge in [-0.25, -0.2) is 9.97 Å². The molecule has 11 heteroatoms. The molecule has 2 aromatic heterocycles. The van der Waals surface area contributed by atoms with Gasteiger partial charge in [0.1, 0.15) is 29.1 Å². The molecule has 1 saturated heterocycles. The molecule has 6 rings (SSSR count). The second-order valence-electron chi connectivity index (χ2n) is 13.0. The predicted molar refractivity (Wildman–Crippen MR) is 156 cm³/mol. The zero-order valence-corrected chi connectivity index (χ0v) is 25.0. The second kappa shape index (κ2) is 9.01. The van der Waals surface area contributed by atoms with Crippen LogP contribution in [0.5, 0.6) is 0 Å². The maximum atomic E-state index is 14.3. The van der Waals surface area contributed by atoms with Crippen LogP contribution in [0.3, 0.4) is 0 Å². The number of amides is 2. The summed E-state index contributed by atoms with van der Waals surface area (Å²) in [7, 11) is 0. The van der Waals surface area contributed by atoms with Gasteiger partial charge in [0.2, 0.25) is 11.8 Å². The quantitative estimate of drug-likeness (QED) is 0.405. The smallest absolute Gasteiger partial charge is 0.246 e. The predicted octanol–water partition coefficient (Wildman–Crippen LogP) is 5.17. The number of carbonyl (C=O) groups excluding carboxylic acids is 2. The Morgan fingerprint density at radius 1 is 1.15 bits per heavy atom. The van der Waals surface area contributed by atoms with Gasteiger partial charge >= 0.3 is 0 Å². The molecule has 2 N–H and O–H groups in total. The molecule has 41 heavy (non-hydrogen) atoms. The molecular weight excluding hydrogens is 561 g/mol. The summed E-state index contributed by atoms with van der Waals surface area (Å²) in [6.45, 7) is 10.7. The Bertz CT molecular complexity index is 1630. The molecule has 3 fully saturated rings. The van der Waals surface area contributed by atoms with Crippen LogP contribution in [0.4, 0.5) is 5.82 Å². The first kappa shape index (κ1) is 27.7. The summed E-state index contributed by atoms with van der Waals surface area (Å²) >= 11 is 12.4. The van der Waals surface area contributed by atoms with E-state index in [4.69, 9.17) is 23.2 Å². The fourth-order valence-corrected chi connectivity index (χ4v) is 7.85. The number of aromatic nitrogens is 3. The molecule has 2 amide bonds. The van der Waals surface area contributed by atoms with Gasteiger partial charge in [-0.15, -0.1) is 0 Å². The van der Waals surface area contributed by atoms with Crippen molar-refractivity contribution in [3.05, 3.63) is 58.7 Å². The number of carbonyl (C=O) groups is 2. The number of piperidine rings is 2. The number of nitriles is 1. The highest BCUT2D eigenvalue weighted by Crippen LogP contribution is 3.00. The molecule has 2 saturated carbocycles. The number of rotatable bonds is 6. The minimum atomic E-state index is -0.997. The Morgan fingerprint density at radius 2 is 1.90 bits per heavy atom. The molecule has 3 heterocycles. The van der Waals surface area contributed by atoms with Gasteiger partial charge in [-0.2, -0.15) is 5.26 Å². The van der Waals surface area contributed by atoms with Crippen LogP contribution in [0.25, 0.3) is 10.8 Å². The van der Waals surface area contributed by atoms with E-state index in [9.17, 15) is 14.9 Å². The normalized spacial score (nSPS) is 26.8. The van der Waals surface area contributed by atoms with Gasteiger partial charge < -0.3 is 15.5 Å². The van der Waals surface area contributed by atoms with E-state index in [0.717, 1.165) is 11.8 Å². The molecule has 1 aliphatic heterocycles. The van der Waals surface area contributed by atoms with E-state index in [2.05, 4.69) is 45.5 Å². The zero-order chi connectivity index (χ0) is 29.5. The lowest BCUT2D eigenvalue weighted by Gasteiger charge is -2.42. The van der Waals surface area contributed by atoms with Crippen LogP contribution >= 0.6 is 23.2 Å². The monoisotopic (exact) mass is 591 g/mol. The highest BCUT2D eigenvalue weighted by atomic mass is 35.5. The Balaban J connectivity index is 1.32. The molecular formula is C30H31Cl2N7O2. The van der Waals surface area contributed by atoms with Crippen molar-refractivity contribution in [2.75, 3.05) is 11.9 Å². The summed E-state index contributed by atoms with van der Waals surface area (Å²) in [6.07, 6.45) is 7.02. The largest absolute Gasteiger partial charge is 0.357 e. The lowest BCUT2D eigenvalue weighted by atomic mass is 9.79. The van der Waals surface area contributed by atoms with Gasteiger partial charge in [0.05, 0.1) is 18.5 Å². The van der Waals surface area contributed by atoms with Crippen LogP contribution in [0.1, 0.15) is 52.6 Å². The van der Waals surface area contributed by atoms with Crippen LogP contribution in [-0.4, -0.2) is 50.3 Å². The molecule has 5 atom stereocenters. The van der Waals surface area contributed by atoms with Crippen molar-refractivity contribution in [1.82, 2.24) is 25.2 Å². The van der Waals surface area contributed by atoms with E-state index < -0.39 is 23.5 Å². The summed E-state index contributed by atoms with van der Waals surface area (Å²) < 4.78 is 0. The number of nitrogens with zero attached hydrogens (tertiary/aromatic N) is 5. The Kier molecular flexibility index (Phi) is 6.08. The van der Waals surface area contributed by atoms with Crippen molar-refractivity contribution in [2.24, 2.45) is 21.7 Å². The van der Waals surface area contributed by atoms with E-state index in [-0.39, 0.29) is 33.2 Å². The molecule has 9 nitrogen and oxygen atoms in total. The van der Waals surface area contributed by atoms with Crippen LogP contribution in [-0.2, 0) is 9.59 Å². The minimum Gasteiger partial charge on any atom is -0.357 e. The van der Waals surface area contributed by atoms with Crippen LogP contribution in [0, 0.1) is 33.0 Å². The Morgan fingerprint density at radius 3 is 2.54 bits per heavy atom. The van der Waals surface area contributed by atoms with Gasteiger partial charge in [0, 0.05) is 51.1 Å². The summed E-state index contributed by atoms with van der Waals surface area (Å²) in [5.41, 5.74) is -0.506. The average molecular weight is 593 g/mol. The van der Waals surface area contributed by atoms with Crippen LogP contribution in [0.2, 0.25) is 10.2 Å². The van der Waals surface area contributed by atoms with Crippen molar-refractivity contribution in [3.8, 4) is 6.07 Å². The fraction of sp³-hybridized carbons (Fsp3) is 0.467. The third-order valence-corrected chi connectivity index (χ3v) is 10.3. The lowest BCUT2D eigenvalue weighted by Crippen LogP contribution is -2.59. The van der Waals surface area contributed by atoms with Gasteiger partial charge in [-0.05, 0) is 23.3 Å². The molecule has 212 valence electrons. The number of anilines is 1. The third kappa shape index (κ3) is 3.84. The summed E-state index contributed by atoms with van der Waals surface area (Å²) in [5, 5.41) is 18.5. The van der Waals surface area contributed by atoms with Gasteiger partial charge in [0.15, 0.2) is 0 Å². The summed E-state index contributed by atoms with van der Waals surface area (Å²) in [6, 6.07) is 5.24. The van der Waals surface area contributed by atoms with Crippen LogP contribution < -0.4 is 10.6 Å². The standard InChI is InChI=1S/C30H31Cl2N7O2/c1-27(2,3)23(38-21-13-35-20(32)12-36-21)26(41)39-15-29-14-30(29,28(29,4)5)24(39)25(40)37-19(9-33)17-11-34-10-16-7-6-8-18(31)22(16)17/h6-8,10-13,19,23-24H,14-15H2,1-5H3,(H,36,38)(H,37,40)/t19?,23-,24-,29?,30?/m1/s1. The van der Waals surface area contributed by atoms with Gasteiger partial charge in [-0.3, -0.25) is 14.6 Å². The highest BCUT2D eigenvalue weighted by molar-refractivity contribution is 6.35. The number of fused-ring (bicyclic) bond motifs is 1. The lowest BCUT2D eigenvalue weighted by molar-refractivity contribution is -0.146. The number of nitrogens with one attached hydrogen (secondary N) is 2. The average Bonchev–Trinajstić information content (AvgIpc) is 3.65. The minimum absolute atomic E-state index is 0.0858. The summed E-state index contributed by atoms with van der Waals surface area (Å²) in [5.74, 6) is -0.128. The molecule has 1 aromatic carbocycles. The molecule has 0 spiro atoms. The number of hydrogen-bond acceptors (Lipinski definition) is 7. The van der Waals surface area contributed by atoms with E-state index >= 15 is 0 Å². The maximum Gasteiger partial charge on any atom is 0.246 e. The van der Waals surface area contributed by atoms with Gasteiger partial charge in [0.25, 0.3) is 0 Å². The van der Waals surface area contributed by atoms with Crippen molar-refractivity contribution in [2.45, 2.75) is 59.2 Å². The Labute approximate surface area is 248 Å². The Hall–Kier alpha value is -3.48. The van der Waals surface area contributed by atoms with E-state index in [1.807, 2.05) is 32.9 Å². The maximum absolute atomic E-state index is 14.3. The SMILES string of the molecule is CC(C)(C)[C@H](Nc1cnc(Cl)cn1)C(=O)N1CC23CC2([C@H]1C(=O)NC(C#N)c1cncc2cccc(Cl)c12)C3(C)C. The molecule has 3 unspecified atom stereocenters. The molecule has 3 aliphatic rings. The number of pyridine rings is 1. The summed E-state index contributed by atoms with van der Waals surface area (Å²) in [4.78, 5) is 42.8. The zero-order valence-electron chi connectivity index (χ0n) is 23.5. The fourth-order valence-electron chi connectivity index (χ4n) is 7.46. The number of likely N-dealkylation sites (tertiary alicyclic amines) is 1. The number of benzene rings is 1. The first-order valence-corrected chi connectivity index (χ1v) is 14.3. The topological polar surface area (TPSA) is 124 Å². The van der Waals surface area contributed by atoms with E-state index in [1.54, 1.807) is 23.4 Å². The molecule has 0 bridgehead atoms. The number of hydrogen-bond donors (Lipinski definition) is 2. The number of halogens is 2. The van der Waals surface area contributed by atoms with Crippen molar-refractivity contribution < 1.29 is 9.59 Å². The second-order valence-corrected chi connectivity index (χ2v) is 13.8. The van der Waals surface area contributed by atoms with Crippen molar-refractivity contribution in [3.63, 3.8) is 0 Å².